The summed E-state index contributed by atoms with van der Waals surface area (Å²) in [5.74, 6) is 1.23. The van der Waals surface area contributed by atoms with Crippen LogP contribution in [0.2, 0.25) is 0 Å². The van der Waals surface area contributed by atoms with Gasteiger partial charge in [-0.1, -0.05) is 48.6 Å². The molecule has 136 valence electrons. The van der Waals surface area contributed by atoms with Crippen molar-refractivity contribution >= 4 is 0 Å². The zero-order chi connectivity index (χ0) is 17.9. The molecule has 6 heteroatoms. The maximum atomic E-state index is 12.4. The van der Waals surface area contributed by atoms with Crippen molar-refractivity contribution in [1.29, 1.82) is 0 Å². The summed E-state index contributed by atoms with van der Waals surface area (Å²) in [7, 11) is 0. The normalized spacial score (nSPS) is 11.7. The van der Waals surface area contributed by atoms with Crippen LogP contribution in [0.15, 0.2) is 54.6 Å². The maximum absolute atomic E-state index is 12.4. The van der Waals surface area contributed by atoms with Gasteiger partial charge in [-0.3, -0.25) is 4.90 Å². The Labute approximate surface area is 177 Å². The van der Waals surface area contributed by atoms with E-state index in [4.69, 9.17) is 9.47 Å². The molecule has 2 aromatic rings. The van der Waals surface area contributed by atoms with Crippen LogP contribution in [-0.2, 0) is 6.54 Å². The molecule has 0 spiro atoms. The summed E-state index contributed by atoms with van der Waals surface area (Å²) in [6, 6.07) is 17.3. The Bertz CT molecular complexity index is 612. The Kier molecular flexibility index (Phi) is 11.6. The van der Waals surface area contributed by atoms with Gasteiger partial charge < -0.3 is 19.7 Å². The van der Waals surface area contributed by atoms with Gasteiger partial charge in [-0.05, 0) is 31.2 Å². The van der Waals surface area contributed by atoms with Crippen molar-refractivity contribution in [2.45, 2.75) is 19.6 Å². The Morgan fingerprint density at radius 3 is 2.23 bits per heavy atom. The number of rotatable bonds is 11. The molecular weight excluding hydrogens is 341 g/mol. The third-order valence-corrected chi connectivity index (χ3v) is 3.70. The SMILES string of the molecule is CCOc1ccccc1OCC([O-])CN(CCO)Cc1ccccc1.[Na+]. The third kappa shape index (κ3) is 8.08. The second kappa shape index (κ2) is 13.1. The van der Waals surface area contributed by atoms with Gasteiger partial charge in [0.15, 0.2) is 11.5 Å². The molecule has 0 aliphatic rings. The van der Waals surface area contributed by atoms with Crippen LogP contribution < -0.4 is 44.1 Å². The molecule has 0 saturated carbocycles. The fraction of sp³-hybridized carbons (Fsp3) is 0.400. The fourth-order valence-electron chi connectivity index (χ4n) is 2.59. The van der Waals surface area contributed by atoms with E-state index < -0.39 is 6.10 Å². The van der Waals surface area contributed by atoms with Crippen LogP contribution in [-0.4, -0.2) is 49.0 Å². The topological polar surface area (TPSA) is 65.0 Å². The summed E-state index contributed by atoms with van der Waals surface area (Å²) < 4.78 is 11.2. The molecule has 2 rings (SSSR count). The summed E-state index contributed by atoms with van der Waals surface area (Å²) in [6.45, 7) is 3.94. The quantitative estimate of drug-likeness (QED) is 0.500. The van der Waals surface area contributed by atoms with Crippen molar-refractivity contribution in [1.82, 2.24) is 4.90 Å². The number of benzene rings is 2. The number of hydrogen-bond acceptors (Lipinski definition) is 5. The minimum atomic E-state index is -0.912. The van der Waals surface area contributed by atoms with E-state index in [-0.39, 0.29) is 42.8 Å². The van der Waals surface area contributed by atoms with Gasteiger partial charge in [-0.15, -0.1) is 0 Å². The molecule has 0 aliphatic carbocycles. The monoisotopic (exact) mass is 367 g/mol. The first-order chi connectivity index (χ1) is 12.2. The van der Waals surface area contributed by atoms with E-state index in [0.29, 0.717) is 37.7 Å². The number of aliphatic hydroxyl groups excluding tert-OH is 1. The van der Waals surface area contributed by atoms with E-state index in [2.05, 4.69) is 0 Å². The second-order valence-electron chi connectivity index (χ2n) is 5.76. The molecule has 0 bridgehead atoms. The molecule has 0 aliphatic heterocycles. The third-order valence-electron chi connectivity index (χ3n) is 3.70. The van der Waals surface area contributed by atoms with Gasteiger partial charge in [0.2, 0.25) is 0 Å². The van der Waals surface area contributed by atoms with Crippen molar-refractivity contribution in [3.8, 4) is 11.5 Å². The number of aliphatic hydroxyl groups is 1. The Morgan fingerprint density at radius 1 is 1.00 bits per heavy atom. The zero-order valence-corrected chi connectivity index (χ0v) is 17.6. The van der Waals surface area contributed by atoms with Gasteiger partial charge in [0.05, 0.1) is 19.8 Å². The maximum Gasteiger partial charge on any atom is 1.00 e. The van der Waals surface area contributed by atoms with Crippen LogP contribution in [0.4, 0.5) is 0 Å². The standard InChI is InChI=1S/C20H26NO4.Na/c1-2-24-19-10-6-7-11-20(19)25-16-18(23)15-21(12-13-22)14-17-8-4-3-5-9-17;/h3-11,18,22H,2,12-16H2,1H3;/q-1;+1. The molecule has 0 radical (unpaired) electrons. The van der Waals surface area contributed by atoms with Crippen molar-refractivity contribution in [2.24, 2.45) is 0 Å². The van der Waals surface area contributed by atoms with Crippen LogP contribution in [0.25, 0.3) is 0 Å². The van der Waals surface area contributed by atoms with E-state index in [9.17, 15) is 10.2 Å². The molecule has 0 fully saturated rings. The van der Waals surface area contributed by atoms with E-state index in [1.165, 1.54) is 0 Å². The average molecular weight is 367 g/mol. The van der Waals surface area contributed by atoms with Gasteiger partial charge in [0.1, 0.15) is 0 Å². The molecular formula is C20H26NNaO4. The largest absolute Gasteiger partial charge is 1.00 e. The number of hydrogen-bond donors (Lipinski definition) is 1. The molecule has 1 atom stereocenters. The zero-order valence-electron chi connectivity index (χ0n) is 15.6. The van der Waals surface area contributed by atoms with Crippen molar-refractivity contribution in [2.75, 3.05) is 32.9 Å². The molecule has 5 nitrogen and oxygen atoms in total. The molecule has 0 aromatic heterocycles. The van der Waals surface area contributed by atoms with Crippen LogP contribution in [0.1, 0.15) is 12.5 Å². The summed E-state index contributed by atoms with van der Waals surface area (Å²) in [4.78, 5) is 1.95. The van der Waals surface area contributed by atoms with Crippen LogP contribution in [0.3, 0.4) is 0 Å². The van der Waals surface area contributed by atoms with Crippen LogP contribution in [0.5, 0.6) is 11.5 Å². The first-order valence-corrected chi connectivity index (χ1v) is 8.60. The Balaban J connectivity index is 0.00000338. The Hall–Kier alpha value is -1.08. The van der Waals surface area contributed by atoms with Gasteiger partial charge in [0.25, 0.3) is 0 Å². The van der Waals surface area contributed by atoms with Crippen molar-refractivity contribution < 1.29 is 49.2 Å². The fourth-order valence-corrected chi connectivity index (χ4v) is 2.59. The number of ether oxygens (including phenoxy) is 2. The molecule has 0 heterocycles. The van der Waals surface area contributed by atoms with Crippen molar-refractivity contribution in [3.05, 3.63) is 60.2 Å². The molecule has 1 unspecified atom stereocenters. The summed E-state index contributed by atoms with van der Waals surface area (Å²) in [5, 5.41) is 21.6. The first kappa shape index (κ1) is 23.0. The van der Waals surface area contributed by atoms with Gasteiger partial charge in [-0.25, -0.2) is 0 Å². The minimum absolute atomic E-state index is 0. The van der Waals surface area contributed by atoms with Crippen molar-refractivity contribution in [3.63, 3.8) is 0 Å². The van der Waals surface area contributed by atoms with Gasteiger partial charge in [0, 0.05) is 13.1 Å². The minimum Gasteiger partial charge on any atom is -0.849 e. The predicted molar refractivity (Wildman–Crippen MR) is 95.7 cm³/mol. The smallest absolute Gasteiger partial charge is 0.849 e. The van der Waals surface area contributed by atoms with Gasteiger partial charge >= 0.3 is 29.6 Å². The molecule has 26 heavy (non-hydrogen) atoms. The summed E-state index contributed by atoms with van der Waals surface area (Å²) >= 11 is 0. The van der Waals surface area contributed by atoms with Crippen LogP contribution in [0, 0.1) is 0 Å². The molecule has 0 amide bonds. The van der Waals surface area contributed by atoms with E-state index >= 15 is 0 Å². The molecule has 2 aromatic carbocycles. The van der Waals surface area contributed by atoms with E-state index in [0.717, 1.165) is 5.56 Å². The molecule has 1 N–H and O–H groups in total. The second-order valence-corrected chi connectivity index (χ2v) is 5.76. The van der Waals surface area contributed by atoms with Gasteiger partial charge in [-0.2, -0.15) is 0 Å². The summed E-state index contributed by atoms with van der Waals surface area (Å²) in [5.41, 5.74) is 1.12. The van der Waals surface area contributed by atoms with Crippen LogP contribution >= 0.6 is 0 Å². The first-order valence-electron chi connectivity index (χ1n) is 8.60. The Morgan fingerprint density at radius 2 is 1.62 bits per heavy atom. The predicted octanol–water partition coefficient (Wildman–Crippen LogP) is -1.31. The molecule has 0 saturated heterocycles. The van der Waals surface area contributed by atoms with E-state index in [1.54, 1.807) is 6.07 Å². The number of para-hydroxylation sites is 2. The average Bonchev–Trinajstić information content (AvgIpc) is 2.62. The van der Waals surface area contributed by atoms with E-state index in [1.807, 2.05) is 60.4 Å². The summed E-state index contributed by atoms with van der Waals surface area (Å²) in [6.07, 6.45) is -0.912. The number of nitrogens with zero attached hydrogens (tertiary/aromatic N) is 1.